The van der Waals surface area contributed by atoms with Crippen LogP contribution in [0.1, 0.15) is 20.3 Å². The summed E-state index contributed by atoms with van der Waals surface area (Å²) in [6.07, 6.45) is 0.0846. The lowest BCUT2D eigenvalue weighted by Crippen LogP contribution is -2.58. The smallest absolute Gasteiger partial charge is 0.238 e. The number of rotatable bonds is 7. The van der Waals surface area contributed by atoms with Crippen molar-refractivity contribution < 1.29 is 14.4 Å². The Bertz CT molecular complexity index is 690. The molecule has 1 heterocycles. The second kappa shape index (κ2) is 9.48. The second-order valence-corrected chi connectivity index (χ2v) is 7.26. The van der Waals surface area contributed by atoms with Crippen LogP contribution in [0.15, 0.2) is 24.3 Å². The Hall–Kier alpha value is -2.45. The maximum Gasteiger partial charge on any atom is 0.238 e. The third kappa shape index (κ3) is 6.33. The maximum absolute atomic E-state index is 12.5. The van der Waals surface area contributed by atoms with Gasteiger partial charge in [-0.3, -0.25) is 19.3 Å². The third-order valence-corrected chi connectivity index (χ3v) is 4.30. The Morgan fingerprint density at radius 2 is 1.85 bits per heavy atom. The van der Waals surface area contributed by atoms with Crippen molar-refractivity contribution in [3.63, 3.8) is 0 Å². The first-order valence-corrected chi connectivity index (χ1v) is 9.14. The van der Waals surface area contributed by atoms with E-state index in [0.29, 0.717) is 17.9 Å². The number of amides is 3. The Morgan fingerprint density at radius 3 is 2.44 bits per heavy atom. The minimum atomic E-state index is -0.471. The molecule has 3 amide bonds. The van der Waals surface area contributed by atoms with E-state index >= 15 is 0 Å². The van der Waals surface area contributed by atoms with E-state index in [9.17, 15) is 14.4 Å². The molecular weight excluding hydrogens is 346 g/mol. The maximum atomic E-state index is 12.5. The zero-order valence-corrected chi connectivity index (χ0v) is 16.4. The number of likely N-dealkylation sites (N-methyl/N-ethyl adjacent to an activating group) is 1. The molecule has 148 valence electrons. The molecular formula is C19H29N5O3. The average Bonchev–Trinajstić information content (AvgIpc) is 2.55. The van der Waals surface area contributed by atoms with E-state index in [1.165, 1.54) is 0 Å². The molecule has 1 aromatic rings. The van der Waals surface area contributed by atoms with Crippen molar-refractivity contribution in [2.75, 3.05) is 44.4 Å². The number of piperazine rings is 1. The summed E-state index contributed by atoms with van der Waals surface area (Å²) in [5.41, 5.74) is 1.19. The highest BCUT2D eigenvalue weighted by atomic mass is 16.2. The molecule has 1 saturated heterocycles. The Balaban J connectivity index is 1.98. The second-order valence-electron chi connectivity index (χ2n) is 7.26. The van der Waals surface area contributed by atoms with E-state index in [2.05, 4.69) is 16.0 Å². The van der Waals surface area contributed by atoms with E-state index in [-0.39, 0.29) is 36.7 Å². The number of carbonyl (C=O) groups excluding carboxylic acids is 3. The van der Waals surface area contributed by atoms with E-state index in [4.69, 9.17) is 0 Å². The van der Waals surface area contributed by atoms with Crippen molar-refractivity contribution in [1.29, 1.82) is 0 Å². The lowest BCUT2D eigenvalue weighted by atomic mass is 10.1. The fourth-order valence-electron chi connectivity index (χ4n) is 3.11. The van der Waals surface area contributed by atoms with Crippen molar-refractivity contribution in [1.82, 2.24) is 15.1 Å². The molecule has 0 radical (unpaired) electrons. The van der Waals surface area contributed by atoms with Gasteiger partial charge in [-0.1, -0.05) is 6.07 Å². The highest BCUT2D eigenvalue weighted by Crippen LogP contribution is 2.17. The quantitative estimate of drug-likeness (QED) is 0.653. The van der Waals surface area contributed by atoms with Crippen LogP contribution in [-0.2, 0) is 14.4 Å². The van der Waals surface area contributed by atoms with Crippen LogP contribution >= 0.6 is 0 Å². The minimum absolute atomic E-state index is 0.0846. The SMILES string of the molecule is CC(C)N1CCNC(=O)C1CC(=O)Nc1cccc(NC(=O)CN(C)C)c1. The van der Waals surface area contributed by atoms with Crippen LogP contribution < -0.4 is 16.0 Å². The van der Waals surface area contributed by atoms with Gasteiger partial charge in [0.1, 0.15) is 0 Å². The number of nitrogens with zero attached hydrogens (tertiary/aromatic N) is 2. The van der Waals surface area contributed by atoms with Gasteiger partial charge in [0.05, 0.1) is 19.0 Å². The van der Waals surface area contributed by atoms with Crippen LogP contribution in [0.3, 0.4) is 0 Å². The van der Waals surface area contributed by atoms with Gasteiger partial charge in [-0.25, -0.2) is 0 Å². The van der Waals surface area contributed by atoms with Crippen LogP contribution in [0.5, 0.6) is 0 Å². The summed E-state index contributed by atoms with van der Waals surface area (Å²) >= 11 is 0. The molecule has 1 aliphatic rings. The molecule has 8 heteroatoms. The first kappa shape index (κ1) is 20.9. The predicted octanol–water partition coefficient (Wildman–Crippen LogP) is 0.724. The molecule has 1 aliphatic heterocycles. The normalized spacial score (nSPS) is 17.7. The minimum Gasteiger partial charge on any atom is -0.353 e. The Labute approximate surface area is 160 Å². The van der Waals surface area contributed by atoms with Crippen LogP contribution in [0.2, 0.25) is 0 Å². The predicted molar refractivity (Wildman–Crippen MR) is 106 cm³/mol. The summed E-state index contributed by atoms with van der Waals surface area (Å²) < 4.78 is 0. The summed E-state index contributed by atoms with van der Waals surface area (Å²) in [7, 11) is 3.64. The van der Waals surface area contributed by atoms with Gasteiger partial charge in [0, 0.05) is 30.5 Å². The van der Waals surface area contributed by atoms with Crippen molar-refractivity contribution in [3.05, 3.63) is 24.3 Å². The van der Waals surface area contributed by atoms with Crippen LogP contribution in [0, 0.1) is 0 Å². The molecule has 0 spiro atoms. The van der Waals surface area contributed by atoms with Crippen LogP contribution in [0.25, 0.3) is 0 Å². The summed E-state index contributed by atoms with van der Waals surface area (Å²) in [5.74, 6) is -0.482. The molecule has 1 unspecified atom stereocenters. The van der Waals surface area contributed by atoms with Gasteiger partial charge in [0.25, 0.3) is 0 Å². The summed E-state index contributed by atoms with van der Waals surface area (Å²) in [4.78, 5) is 40.3. The monoisotopic (exact) mass is 375 g/mol. The lowest BCUT2D eigenvalue weighted by molar-refractivity contribution is -0.133. The first-order valence-electron chi connectivity index (χ1n) is 9.14. The summed E-state index contributed by atoms with van der Waals surface area (Å²) in [6.45, 7) is 5.64. The van der Waals surface area contributed by atoms with Crippen LogP contribution in [0.4, 0.5) is 11.4 Å². The summed E-state index contributed by atoms with van der Waals surface area (Å²) in [5, 5.41) is 8.43. The zero-order valence-electron chi connectivity index (χ0n) is 16.4. The fourth-order valence-corrected chi connectivity index (χ4v) is 3.11. The topological polar surface area (TPSA) is 93.8 Å². The van der Waals surface area contributed by atoms with Crippen LogP contribution in [-0.4, -0.2) is 73.3 Å². The standard InChI is InChI=1S/C19H29N5O3/c1-13(2)24-9-8-20-19(27)16(24)11-17(25)21-14-6-5-7-15(10-14)22-18(26)12-23(3)4/h5-7,10,13,16H,8-9,11-12H2,1-4H3,(H,20,27)(H,21,25)(H,22,26). The number of benzene rings is 1. The number of anilines is 2. The number of hydrogen-bond donors (Lipinski definition) is 3. The zero-order chi connectivity index (χ0) is 20.0. The lowest BCUT2D eigenvalue weighted by Gasteiger charge is -2.37. The first-order chi connectivity index (χ1) is 12.8. The Kier molecular flexibility index (Phi) is 7.32. The molecule has 8 nitrogen and oxygen atoms in total. The van der Waals surface area contributed by atoms with E-state index in [1.807, 2.05) is 32.8 Å². The molecule has 1 aromatic carbocycles. The highest BCUT2D eigenvalue weighted by molar-refractivity contribution is 5.97. The number of hydrogen-bond acceptors (Lipinski definition) is 5. The van der Waals surface area contributed by atoms with Gasteiger partial charge in [0.15, 0.2) is 0 Å². The van der Waals surface area contributed by atoms with Crippen molar-refractivity contribution in [3.8, 4) is 0 Å². The number of nitrogens with one attached hydrogen (secondary N) is 3. The molecule has 0 saturated carbocycles. The van der Waals surface area contributed by atoms with Crippen molar-refractivity contribution in [2.24, 2.45) is 0 Å². The molecule has 0 aliphatic carbocycles. The molecule has 1 atom stereocenters. The number of carbonyl (C=O) groups is 3. The molecule has 0 bridgehead atoms. The highest BCUT2D eigenvalue weighted by Gasteiger charge is 2.32. The van der Waals surface area contributed by atoms with Gasteiger partial charge in [-0.2, -0.15) is 0 Å². The van der Waals surface area contributed by atoms with Gasteiger partial charge >= 0.3 is 0 Å². The van der Waals surface area contributed by atoms with Crippen molar-refractivity contribution in [2.45, 2.75) is 32.4 Å². The largest absolute Gasteiger partial charge is 0.353 e. The van der Waals surface area contributed by atoms with Gasteiger partial charge in [-0.15, -0.1) is 0 Å². The summed E-state index contributed by atoms with van der Waals surface area (Å²) in [6, 6.07) is 6.69. The van der Waals surface area contributed by atoms with E-state index in [1.54, 1.807) is 29.2 Å². The molecule has 27 heavy (non-hydrogen) atoms. The molecule has 1 fully saturated rings. The third-order valence-electron chi connectivity index (χ3n) is 4.30. The Morgan fingerprint density at radius 1 is 1.22 bits per heavy atom. The van der Waals surface area contributed by atoms with E-state index in [0.717, 1.165) is 6.54 Å². The molecule has 3 N–H and O–H groups in total. The van der Waals surface area contributed by atoms with E-state index < -0.39 is 6.04 Å². The fraction of sp³-hybridized carbons (Fsp3) is 0.526. The average molecular weight is 375 g/mol. The molecule has 0 aromatic heterocycles. The van der Waals surface area contributed by atoms with Crippen molar-refractivity contribution >= 4 is 29.1 Å². The van der Waals surface area contributed by atoms with Gasteiger partial charge in [0.2, 0.25) is 17.7 Å². The molecule has 2 rings (SSSR count). The van der Waals surface area contributed by atoms with Gasteiger partial charge < -0.3 is 20.9 Å². The van der Waals surface area contributed by atoms with Gasteiger partial charge in [-0.05, 0) is 46.1 Å².